The molecular formula is C23H16F9N3O2S. The molecule has 0 aliphatic carbocycles. The third-order valence-corrected chi connectivity index (χ3v) is 6.57. The number of hydrogen-bond donors (Lipinski definition) is 2. The maximum Gasteiger partial charge on any atom is 0.416 e. The van der Waals surface area contributed by atoms with Gasteiger partial charge < -0.3 is 5.32 Å². The van der Waals surface area contributed by atoms with Crippen molar-refractivity contribution in [2.45, 2.75) is 36.4 Å². The first-order valence-corrected chi connectivity index (χ1v) is 11.1. The first-order chi connectivity index (χ1) is 17.5. The van der Waals surface area contributed by atoms with E-state index in [0.29, 0.717) is 5.56 Å². The van der Waals surface area contributed by atoms with Crippen LogP contribution in [-0.4, -0.2) is 42.0 Å². The fourth-order valence-electron chi connectivity index (χ4n) is 4.11. The number of benzene rings is 2. The molecule has 2 aromatic carbocycles. The van der Waals surface area contributed by atoms with Crippen LogP contribution in [0.1, 0.15) is 34.2 Å². The molecule has 1 saturated heterocycles. The predicted octanol–water partition coefficient (Wildman–Crippen LogP) is 5.11. The number of hydroxylamine groups is 1. The number of amides is 1. The standard InChI is InChI=1S/C23H16F9N3O2S/c24-21(25,26)14-5-13(6-15(7-14)22(27,28)29)20(23(30,31)32)8-16(33-10-20)11-1-3-12(4-2-11)19(38)34-17-9-37-35-18(17)36/h1-7,17H,8-10H2,(H,34,38)(H,35,36). The molecule has 0 bridgehead atoms. The Morgan fingerprint density at radius 2 is 1.55 bits per heavy atom. The molecule has 0 aromatic heterocycles. The molecule has 38 heavy (non-hydrogen) atoms. The van der Waals surface area contributed by atoms with Gasteiger partial charge in [0.2, 0.25) is 0 Å². The second kappa shape index (κ2) is 9.52. The number of rotatable bonds is 4. The van der Waals surface area contributed by atoms with Crippen molar-refractivity contribution in [3.8, 4) is 0 Å². The summed E-state index contributed by atoms with van der Waals surface area (Å²) < 4.78 is 123. The second-order valence-electron chi connectivity index (χ2n) is 8.69. The Kier molecular flexibility index (Phi) is 6.97. The van der Waals surface area contributed by atoms with Gasteiger partial charge in [-0.3, -0.25) is 14.6 Å². The molecule has 2 atom stereocenters. The number of halogens is 9. The molecule has 0 radical (unpaired) electrons. The van der Waals surface area contributed by atoms with Crippen LogP contribution in [0.3, 0.4) is 0 Å². The van der Waals surface area contributed by atoms with Crippen molar-refractivity contribution in [3.05, 3.63) is 70.3 Å². The molecule has 0 spiro atoms. The third kappa shape index (κ3) is 5.34. The van der Waals surface area contributed by atoms with Gasteiger partial charge in [-0.05, 0) is 29.3 Å². The van der Waals surface area contributed by atoms with Gasteiger partial charge in [0.1, 0.15) is 23.1 Å². The molecule has 2 N–H and O–H groups in total. The minimum Gasteiger partial charge on any atom is -0.362 e. The van der Waals surface area contributed by atoms with E-state index in [1.807, 2.05) is 0 Å². The van der Waals surface area contributed by atoms with Crippen molar-refractivity contribution in [2.24, 2.45) is 4.99 Å². The Morgan fingerprint density at radius 3 is 2.03 bits per heavy atom. The van der Waals surface area contributed by atoms with E-state index in [1.165, 1.54) is 24.3 Å². The van der Waals surface area contributed by atoms with E-state index in [9.17, 15) is 44.3 Å². The molecule has 5 nitrogen and oxygen atoms in total. The van der Waals surface area contributed by atoms with Gasteiger partial charge >= 0.3 is 18.5 Å². The molecular weight excluding hydrogens is 553 g/mol. The summed E-state index contributed by atoms with van der Waals surface area (Å²) >= 11 is 5.21. The van der Waals surface area contributed by atoms with Crippen LogP contribution < -0.4 is 10.8 Å². The number of carbonyl (C=O) groups is 1. The highest BCUT2D eigenvalue weighted by atomic mass is 32.1. The van der Waals surface area contributed by atoms with Crippen LogP contribution in [0.25, 0.3) is 0 Å². The number of hydrogen-bond acceptors (Lipinski definition) is 4. The number of nitrogens with zero attached hydrogens (tertiary/aromatic N) is 1. The zero-order chi connectivity index (χ0) is 28.1. The van der Waals surface area contributed by atoms with E-state index in [1.54, 1.807) is 0 Å². The summed E-state index contributed by atoms with van der Waals surface area (Å²) in [5.41, 5.74) is -5.40. The summed E-state index contributed by atoms with van der Waals surface area (Å²) in [4.78, 5) is 20.4. The van der Waals surface area contributed by atoms with Crippen molar-refractivity contribution in [3.63, 3.8) is 0 Å². The van der Waals surface area contributed by atoms with Crippen molar-refractivity contribution in [2.75, 3.05) is 13.2 Å². The van der Waals surface area contributed by atoms with Crippen molar-refractivity contribution in [1.29, 1.82) is 0 Å². The van der Waals surface area contributed by atoms with E-state index in [2.05, 4.69) is 15.8 Å². The predicted molar refractivity (Wildman–Crippen MR) is 119 cm³/mol. The molecule has 4 rings (SSSR count). The van der Waals surface area contributed by atoms with Crippen molar-refractivity contribution >= 4 is 28.8 Å². The number of thiocarbonyl (C=S) groups is 1. The topological polar surface area (TPSA) is 62.7 Å². The Hall–Kier alpha value is -3.20. The Labute approximate surface area is 214 Å². The van der Waals surface area contributed by atoms with Crippen molar-refractivity contribution < 1.29 is 49.1 Å². The van der Waals surface area contributed by atoms with E-state index in [0.717, 1.165) is 0 Å². The number of alkyl halides is 9. The van der Waals surface area contributed by atoms with E-state index < -0.39 is 65.5 Å². The minimum atomic E-state index is -5.31. The molecule has 2 aliphatic rings. The highest BCUT2D eigenvalue weighted by molar-refractivity contribution is 7.80. The van der Waals surface area contributed by atoms with Gasteiger partial charge in [-0.1, -0.05) is 36.5 Å². The lowest BCUT2D eigenvalue weighted by atomic mass is 9.75. The summed E-state index contributed by atoms with van der Waals surface area (Å²) in [6.07, 6.45) is -16.8. The molecule has 2 unspecified atom stereocenters. The van der Waals surface area contributed by atoms with Crippen LogP contribution in [-0.2, 0) is 27.4 Å². The highest BCUT2D eigenvalue weighted by Gasteiger charge is 2.59. The Bertz CT molecular complexity index is 1250. The van der Waals surface area contributed by atoms with Crippen LogP contribution in [0.4, 0.5) is 39.5 Å². The molecule has 15 heteroatoms. The Morgan fingerprint density at radius 1 is 0.974 bits per heavy atom. The first-order valence-electron chi connectivity index (χ1n) is 10.7. The SMILES string of the molecule is O=C1NOCC1NC(=S)c1ccc(C2=NCC(c3cc(C(F)(F)F)cc(C(F)(F)F)c3)(C(F)(F)F)C2)cc1. The molecule has 1 fully saturated rings. The highest BCUT2D eigenvalue weighted by Crippen LogP contribution is 2.50. The summed E-state index contributed by atoms with van der Waals surface area (Å²) in [6, 6.07) is 4.82. The van der Waals surface area contributed by atoms with Crippen LogP contribution in [0, 0.1) is 0 Å². The van der Waals surface area contributed by atoms with Crippen LogP contribution >= 0.6 is 12.2 Å². The lowest BCUT2D eigenvalue weighted by Gasteiger charge is -2.32. The fourth-order valence-corrected chi connectivity index (χ4v) is 4.38. The smallest absolute Gasteiger partial charge is 0.362 e. The van der Waals surface area contributed by atoms with Crippen molar-refractivity contribution in [1.82, 2.24) is 10.8 Å². The third-order valence-electron chi connectivity index (χ3n) is 6.22. The van der Waals surface area contributed by atoms with Gasteiger partial charge in [0.05, 0.1) is 17.7 Å². The first kappa shape index (κ1) is 27.8. The van der Waals surface area contributed by atoms with Gasteiger partial charge in [-0.15, -0.1) is 0 Å². The largest absolute Gasteiger partial charge is 0.416 e. The molecule has 2 heterocycles. The van der Waals surface area contributed by atoms with Gasteiger partial charge in [0.25, 0.3) is 5.91 Å². The average Bonchev–Trinajstić information content (AvgIpc) is 3.45. The van der Waals surface area contributed by atoms with Crippen LogP contribution in [0.2, 0.25) is 0 Å². The molecule has 2 aromatic rings. The summed E-state index contributed by atoms with van der Waals surface area (Å²) in [5.74, 6) is -0.448. The molecule has 2 aliphatic heterocycles. The lowest BCUT2D eigenvalue weighted by molar-refractivity contribution is -0.184. The van der Waals surface area contributed by atoms with Gasteiger partial charge in [-0.2, -0.15) is 39.5 Å². The quantitative estimate of drug-likeness (QED) is 0.397. The number of aliphatic imine (C=N–C) groups is 1. The Balaban J connectivity index is 1.64. The van der Waals surface area contributed by atoms with E-state index in [4.69, 9.17) is 17.1 Å². The zero-order valence-corrected chi connectivity index (χ0v) is 19.6. The normalized spacial score (nSPS) is 22.3. The monoisotopic (exact) mass is 569 g/mol. The van der Waals surface area contributed by atoms with Crippen LogP contribution in [0.15, 0.2) is 47.5 Å². The number of nitrogens with one attached hydrogen (secondary N) is 2. The average molecular weight is 569 g/mol. The molecule has 1 amide bonds. The van der Waals surface area contributed by atoms with Gasteiger partial charge in [0.15, 0.2) is 0 Å². The van der Waals surface area contributed by atoms with Gasteiger partial charge in [0, 0.05) is 17.7 Å². The summed E-state index contributed by atoms with van der Waals surface area (Å²) in [7, 11) is 0. The summed E-state index contributed by atoms with van der Waals surface area (Å²) in [5, 5.41) is 2.75. The maximum atomic E-state index is 14.3. The molecule has 0 saturated carbocycles. The van der Waals surface area contributed by atoms with Crippen LogP contribution in [0.5, 0.6) is 0 Å². The van der Waals surface area contributed by atoms with Gasteiger partial charge in [-0.25, -0.2) is 5.48 Å². The molecule has 204 valence electrons. The maximum absolute atomic E-state index is 14.3. The number of carbonyl (C=O) groups excluding carboxylic acids is 1. The second-order valence-corrected chi connectivity index (χ2v) is 9.10. The lowest BCUT2D eigenvalue weighted by Crippen LogP contribution is -2.44. The minimum absolute atomic E-state index is 0.0129. The summed E-state index contributed by atoms with van der Waals surface area (Å²) in [6.45, 7) is -1.08. The fraction of sp³-hybridized carbons (Fsp3) is 0.348. The van der Waals surface area contributed by atoms with E-state index >= 15 is 0 Å². The van der Waals surface area contributed by atoms with E-state index in [-0.39, 0.29) is 41.1 Å². The zero-order valence-electron chi connectivity index (χ0n) is 18.8.